The molecule has 3 rings (SSSR count). The van der Waals surface area contributed by atoms with E-state index in [0.717, 1.165) is 23.6 Å². The molecular weight excluding hydrogens is 318 g/mol. The van der Waals surface area contributed by atoms with Crippen LogP contribution < -0.4 is 0 Å². The summed E-state index contributed by atoms with van der Waals surface area (Å²) in [4.78, 5) is 24.3. The summed E-state index contributed by atoms with van der Waals surface area (Å²) in [5.74, 6) is -3.51. The molecule has 0 fully saturated rings. The van der Waals surface area contributed by atoms with Gasteiger partial charge in [-0.15, -0.1) is 0 Å². The van der Waals surface area contributed by atoms with Crippen molar-refractivity contribution in [3.63, 3.8) is 0 Å². The summed E-state index contributed by atoms with van der Waals surface area (Å²) in [5.41, 5.74) is 0.832. The molecule has 0 saturated heterocycles. The average molecular weight is 330 g/mol. The monoisotopic (exact) mass is 330 g/mol. The maximum atomic E-state index is 13.2. The number of ketones is 1. The SMILES string of the molecule is CC(OC(=O)c1ccc2cn[nH]c2c1)C(=O)c1ccc(F)c(F)c1. The fourth-order valence-corrected chi connectivity index (χ4v) is 2.23. The number of H-pyrrole nitrogens is 1. The number of carbonyl (C=O) groups excluding carboxylic acids is 2. The minimum atomic E-state index is -1.14. The van der Waals surface area contributed by atoms with Crippen molar-refractivity contribution in [2.45, 2.75) is 13.0 Å². The van der Waals surface area contributed by atoms with E-state index >= 15 is 0 Å². The highest BCUT2D eigenvalue weighted by Gasteiger charge is 2.21. The maximum absolute atomic E-state index is 13.2. The minimum absolute atomic E-state index is 0.0711. The predicted octanol–water partition coefficient (Wildman–Crippen LogP) is 3.27. The van der Waals surface area contributed by atoms with Gasteiger partial charge in [-0.3, -0.25) is 9.89 Å². The number of ether oxygens (including phenoxy) is 1. The van der Waals surface area contributed by atoms with E-state index in [1.165, 1.54) is 6.92 Å². The zero-order valence-electron chi connectivity index (χ0n) is 12.5. The van der Waals surface area contributed by atoms with E-state index < -0.39 is 29.5 Å². The molecule has 0 spiro atoms. The van der Waals surface area contributed by atoms with E-state index in [1.54, 1.807) is 24.4 Å². The number of hydrogen-bond acceptors (Lipinski definition) is 4. The number of rotatable bonds is 4. The summed E-state index contributed by atoms with van der Waals surface area (Å²) < 4.78 is 31.2. The number of esters is 1. The maximum Gasteiger partial charge on any atom is 0.338 e. The number of benzene rings is 2. The number of halogens is 2. The van der Waals surface area contributed by atoms with Crippen molar-refractivity contribution in [1.29, 1.82) is 0 Å². The van der Waals surface area contributed by atoms with Crippen molar-refractivity contribution in [1.82, 2.24) is 10.2 Å². The Morgan fingerprint density at radius 1 is 1.08 bits per heavy atom. The quantitative estimate of drug-likeness (QED) is 0.589. The van der Waals surface area contributed by atoms with Crippen LogP contribution in [0.15, 0.2) is 42.6 Å². The highest BCUT2D eigenvalue weighted by atomic mass is 19.2. The lowest BCUT2D eigenvalue weighted by atomic mass is 10.1. The van der Waals surface area contributed by atoms with Gasteiger partial charge in [-0.1, -0.05) is 6.07 Å². The van der Waals surface area contributed by atoms with Crippen LogP contribution >= 0.6 is 0 Å². The summed E-state index contributed by atoms with van der Waals surface area (Å²) in [5, 5.41) is 7.41. The van der Waals surface area contributed by atoms with Gasteiger partial charge >= 0.3 is 5.97 Å². The van der Waals surface area contributed by atoms with Crippen molar-refractivity contribution >= 4 is 22.7 Å². The first-order valence-corrected chi connectivity index (χ1v) is 7.09. The number of hydrogen-bond donors (Lipinski definition) is 1. The van der Waals surface area contributed by atoms with E-state index in [9.17, 15) is 18.4 Å². The molecule has 5 nitrogen and oxygen atoms in total. The summed E-state index contributed by atoms with van der Waals surface area (Å²) >= 11 is 0. The Balaban J connectivity index is 1.75. The predicted molar refractivity (Wildman–Crippen MR) is 81.7 cm³/mol. The summed E-state index contributed by atoms with van der Waals surface area (Å²) in [6, 6.07) is 7.56. The van der Waals surface area contributed by atoms with Gasteiger partial charge in [0.15, 0.2) is 17.7 Å². The van der Waals surface area contributed by atoms with E-state index in [-0.39, 0.29) is 11.1 Å². The van der Waals surface area contributed by atoms with Gasteiger partial charge < -0.3 is 4.74 Å². The van der Waals surface area contributed by atoms with Crippen LogP contribution in [0.4, 0.5) is 8.78 Å². The van der Waals surface area contributed by atoms with Gasteiger partial charge in [-0.2, -0.15) is 5.10 Å². The standard InChI is InChI=1S/C17H12F2N2O3/c1-9(16(22)10-4-5-13(18)14(19)6-10)24-17(23)11-2-3-12-8-20-21-15(12)7-11/h2-9H,1H3,(H,20,21). The Bertz CT molecular complexity index is 936. The Kier molecular flexibility index (Phi) is 4.07. The first kappa shape index (κ1) is 15.8. The number of nitrogens with zero attached hydrogens (tertiary/aromatic N) is 1. The first-order valence-electron chi connectivity index (χ1n) is 7.09. The van der Waals surface area contributed by atoms with Crippen molar-refractivity contribution in [2.75, 3.05) is 0 Å². The molecule has 1 N–H and O–H groups in total. The van der Waals surface area contributed by atoms with Crippen LogP contribution in [-0.2, 0) is 4.74 Å². The van der Waals surface area contributed by atoms with Gasteiger partial charge in [-0.05, 0) is 37.3 Å². The molecule has 3 aromatic rings. The molecule has 0 amide bonds. The van der Waals surface area contributed by atoms with Crippen molar-refractivity contribution in [3.8, 4) is 0 Å². The van der Waals surface area contributed by atoms with E-state index in [4.69, 9.17) is 4.74 Å². The van der Waals surface area contributed by atoms with Gasteiger partial charge in [-0.25, -0.2) is 13.6 Å². The number of Topliss-reactive ketones (excluding diaryl/α,β-unsaturated/α-hetero) is 1. The van der Waals surface area contributed by atoms with Crippen LogP contribution in [0.2, 0.25) is 0 Å². The molecule has 2 aromatic carbocycles. The number of fused-ring (bicyclic) bond motifs is 1. The van der Waals surface area contributed by atoms with Crippen LogP contribution in [0.3, 0.4) is 0 Å². The van der Waals surface area contributed by atoms with Gasteiger partial charge in [0.25, 0.3) is 0 Å². The number of nitrogens with one attached hydrogen (secondary N) is 1. The lowest BCUT2D eigenvalue weighted by Gasteiger charge is -2.12. The van der Waals surface area contributed by atoms with Crippen molar-refractivity contribution < 1.29 is 23.1 Å². The van der Waals surface area contributed by atoms with Crippen LogP contribution in [0, 0.1) is 11.6 Å². The lowest BCUT2D eigenvalue weighted by Crippen LogP contribution is -2.24. The van der Waals surface area contributed by atoms with Crippen LogP contribution in [0.5, 0.6) is 0 Å². The fraction of sp³-hybridized carbons (Fsp3) is 0.118. The first-order chi connectivity index (χ1) is 11.5. The molecule has 0 bridgehead atoms. The molecule has 0 radical (unpaired) electrons. The molecular formula is C17H12F2N2O3. The zero-order chi connectivity index (χ0) is 17.3. The van der Waals surface area contributed by atoms with E-state index in [2.05, 4.69) is 10.2 Å². The second-order valence-corrected chi connectivity index (χ2v) is 5.21. The number of carbonyl (C=O) groups is 2. The van der Waals surface area contributed by atoms with Crippen LogP contribution in [0.1, 0.15) is 27.6 Å². The number of aromatic amines is 1. The summed E-state index contributed by atoms with van der Waals surface area (Å²) in [7, 11) is 0. The Hall–Kier alpha value is -3.09. The Morgan fingerprint density at radius 3 is 2.58 bits per heavy atom. The van der Waals surface area contributed by atoms with Crippen LogP contribution in [0.25, 0.3) is 10.9 Å². The fourth-order valence-electron chi connectivity index (χ4n) is 2.23. The largest absolute Gasteiger partial charge is 0.451 e. The highest BCUT2D eigenvalue weighted by molar-refractivity contribution is 6.02. The molecule has 0 aliphatic carbocycles. The van der Waals surface area contributed by atoms with Gasteiger partial charge in [0.05, 0.1) is 17.3 Å². The van der Waals surface area contributed by atoms with Crippen molar-refractivity contribution in [3.05, 3.63) is 65.4 Å². The van der Waals surface area contributed by atoms with Gasteiger partial charge in [0.1, 0.15) is 0 Å². The second-order valence-electron chi connectivity index (χ2n) is 5.21. The van der Waals surface area contributed by atoms with Crippen molar-refractivity contribution in [2.24, 2.45) is 0 Å². The zero-order valence-corrected chi connectivity index (χ0v) is 12.5. The summed E-state index contributed by atoms with van der Waals surface area (Å²) in [6.07, 6.45) is 0.472. The molecule has 1 unspecified atom stereocenters. The average Bonchev–Trinajstić information content (AvgIpc) is 3.04. The lowest BCUT2D eigenvalue weighted by molar-refractivity contribution is 0.0319. The van der Waals surface area contributed by atoms with Gasteiger partial charge in [0.2, 0.25) is 5.78 Å². The molecule has 122 valence electrons. The molecule has 24 heavy (non-hydrogen) atoms. The number of aromatic nitrogens is 2. The molecule has 0 aliphatic heterocycles. The molecule has 0 aliphatic rings. The van der Waals surface area contributed by atoms with E-state index in [1.807, 2.05) is 0 Å². The summed E-state index contributed by atoms with van der Waals surface area (Å²) in [6.45, 7) is 1.37. The smallest absolute Gasteiger partial charge is 0.338 e. The molecule has 0 saturated carbocycles. The third kappa shape index (κ3) is 3.01. The van der Waals surface area contributed by atoms with Gasteiger partial charge in [0, 0.05) is 10.9 Å². The third-order valence-electron chi connectivity index (χ3n) is 3.53. The van der Waals surface area contributed by atoms with E-state index in [0.29, 0.717) is 5.52 Å². The second kappa shape index (κ2) is 6.19. The molecule has 1 aromatic heterocycles. The minimum Gasteiger partial charge on any atom is -0.451 e. The Labute approximate surface area is 135 Å². The Morgan fingerprint density at radius 2 is 1.83 bits per heavy atom. The van der Waals surface area contributed by atoms with Crippen LogP contribution in [-0.4, -0.2) is 28.1 Å². The highest BCUT2D eigenvalue weighted by Crippen LogP contribution is 2.16. The molecule has 7 heteroatoms. The third-order valence-corrected chi connectivity index (χ3v) is 3.53. The molecule has 1 atom stereocenters. The topological polar surface area (TPSA) is 72.0 Å². The molecule has 1 heterocycles. The normalized spacial score (nSPS) is 12.1.